The first-order valence-corrected chi connectivity index (χ1v) is 14.6. The molecule has 234 valence electrons. The summed E-state index contributed by atoms with van der Waals surface area (Å²) < 4.78 is 25.9. The minimum absolute atomic E-state index is 0.218. The molecular weight excluding hydrogens is 576 g/mol. The van der Waals surface area contributed by atoms with Crippen LogP contribution in [0.1, 0.15) is 60.7 Å². The molecular formula is C29H40N6O7S. The van der Waals surface area contributed by atoms with E-state index in [0.29, 0.717) is 45.1 Å². The van der Waals surface area contributed by atoms with E-state index in [1.165, 1.54) is 25.6 Å². The maximum Gasteiger partial charge on any atom is 0.407 e. The molecule has 0 aliphatic carbocycles. The van der Waals surface area contributed by atoms with Crippen molar-refractivity contribution in [2.75, 3.05) is 27.4 Å². The van der Waals surface area contributed by atoms with Crippen LogP contribution in [0.4, 0.5) is 4.79 Å². The number of allylic oxidation sites excluding steroid dienone is 1. The third-order valence-electron chi connectivity index (χ3n) is 6.00. The van der Waals surface area contributed by atoms with Gasteiger partial charge in [-0.25, -0.2) is 4.79 Å². The number of methoxy groups -OCH3 is 2. The van der Waals surface area contributed by atoms with Crippen molar-refractivity contribution in [1.82, 2.24) is 19.7 Å². The molecule has 0 aliphatic rings. The van der Waals surface area contributed by atoms with Crippen LogP contribution in [0.2, 0.25) is 0 Å². The highest BCUT2D eigenvalue weighted by atomic mass is 32.1. The van der Waals surface area contributed by atoms with Crippen LogP contribution >= 0.6 is 11.3 Å². The molecule has 14 heteroatoms. The van der Waals surface area contributed by atoms with E-state index in [9.17, 15) is 14.4 Å². The van der Waals surface area contributed by atoms with Gasteiger partial charge in [-0.2, -0.15) is 10.1 Å². The van der Waals surface area contributed by atoms with Gasteiger partial charge in [0.1, 0.15) is 22.6 Å². The molecule has 0 aliphatic heterocycles. The number of hydrogen-bond donors (Lipinski definition) is 2. The van der Waals surface area contributed by atoms with Crippen LogP contribution in [0, 0.1) is 6.92 Å². The maximum atomic E-state index is 13.3. The lowest BCUT2D eigenvalue weighted by Crippen LogP contribution is -2.32. The van der Waals surface area contributed by atoms with Gasteiger partial charge in [0.05, 0.1) is 17.0 Å². The minimum Gasteiger partial charge on any atom is -0.491 e. The number of ether oxygens (including phenoxy) is 4. The average molecular weight is 617 g/mol. The van der Waals surface area contributed by atoms with Gasteiger partial charge in [0.15, 0.2) is 11.1 Å². The number of aromatic nitrogens is 3. The van der Waals surface area contributed by atoms with Crippen LogP contribution in [0.25, 0.3) is 10.2 Å². The number of benzene rings is 1. The van der Waals surface area contributed by atoms with Crippen molar-refractivity contribution < 1.29 is 33.3 Å². The Morgan fingerprint density at radius 2 is 1.88 bits per heavy atom. The molecule has 2 aromatic heterocycles. The van der Waals surface area contributed by atoms with Crippen LogP contribution in [-0.2, 0) is 27.3 Å². The topological polar surface area (TPSA) is 161 Å². The molecule has 0 bridgehead atoms. The molecule has 0 radical (unpaired) electrons. The first-order chi connectivity index (χ1) is 20.4. The molecule has 0 fully saturated rings. The summed E-state index contributed by atoms with van der Waals surface area (Å²) in [6.07, 6.45) is 3.01. The van der Waals surface area contributed by atoms with E-state index in [0.717, 1.165) is 0 Å². The summed E-state index contributed by atoms with van der Waals surface area (Å²) in [5.41, 5.74) is 6.96. The number of nitrogens with two attached hydrogens (primary N) is 1. The Morgan fingerprint density at radius 3 is 2.51 bits per heavy atom. The fourth-order valence-electron chi connectivity index (χ4n) is 4.10. The largest absolute Gasteiger partial charge is 0.491 e. The van der Waals surface area contributed by atoms with Crippen LogP contribution in [0.15, 0.2) is 35.3 Å². The van der Waals surface area contributed by atoms with Gasteiger partial charge >= 0.3 is 6.09 Å². The molecule has 3 rings (SSSR count). The normalized spacial score (nSPS) is 12.4. The SMILES string of the molecule is CCn1nc(C)cc1C(=O)/N=c1\sc2cc(C(N)=O)cc(OCCC(OC)OC)c2n1C/C=C/CNC(=O)OC(C)(C)C. The highest BCUT2D eigenvalue weighted by molar-refractivity contribution is 7.16. The molecule has 3 aromatic rings. The Hall–Kier alpha value is -4.01. The molecule has 0 saturated carbocycles. The lowest BCUT2D eigenvalue weighted by molar-refractivity contribution is -0.110. The van der Waals surface area contributed by atoms with Gasteiger partial charge in [0, 0.05) is 45.8 Å². The fourth-order valence-corrected chi connectivity index (χ4v) is 5.19. The summed E-state index contributed by atoms with van der Waals surface area (Å²) in [4.78, 5) is 42.3. The molecule has 2 heterocycles. The summed E-state index contributed by atoms with van der Waals surface area (Å²) in [6, 6.07) is 4.91. The number of fused-ring (bicyclic) bond motifs is 1. The van der Waals surface area contributed by atoms with Crippen molar-refractivity contribution >= 4 is 39.5 Å². The molecule has 0 atom stereocenters. The molecule has 43 heavy (non-hydrogen) atoms. The number of hydrogen-bond acceptors (Lipinski definition) is 9. The number of nitrogens with zero attached hydrogens (tertiary/aromatic N) is 4. The molecule has 0 saturated heterocycles. The van der Waals surface area contributed by atoms with Crippen LogP contribution < -0.4 is 20.6 Å². The lowest BCUT2D eigenvalue weighted by Gasteiger charge is -2.19. The molecule has 0 spiro atoms. The second kappa shape index (κ2) is 14.9. The van der Waals surface area contributed by atoms with Crippen molar-refractivity contribution in [1.29, 1.82) is 0 Å². The Labute approximate surface area is 254 Å². The lowest BCUT2D eigenvalue weighted by atomic mass is 10.2. The van der Waals surface area contributed by atoms with Crippen LogP contribution in [0.5, 0.6) is 5.75 Å². The molecule has 0 unspecified atom stereocenters. The highest BCUT2D eigenvalue weighted by Gasteiger charge is 2.19. The van der Waals surface area contributed by atoms with E-state index in [2.05, 4.69) is 15.4 Å². The minimum atomic E-state index is -0.622. The van der Waals surface area contributed by atoms with Gasteiger partial charge < -0.3 is 34.6 Å². The summed E-state index contributed by atoms with van der Waals surface area (Å²) in [7, 11) is 3.07. The quantitative estimate of drug-likeness (QED) is 0.218. The first-order valence-electron chi connectivity index (χ1n) is 13.8. The second-order valence-corrected chi connectivity index (χ2v) is 11.5. The number of thiazole rings is 1. The van der Waals surface area contributed by atoms with Gasteiger partial charge in [-0.3, -0.25) is 14.3 Å². The fraction of sp³-hybridized carbons (Fsp3) is 0.483. The van der Waals surface area contributed by atoms with Gasteiger partial charge in [-0.05, 0) is 52.8 Å². The van der Waals surface area contributed by atoms with Gasteiger partial charge in [-0.1, -0.05) is 23.5 Å². The second-order valence-electron chi connectivity index (χ2n) is 10.5. The van der Waals surface area contributed by atoms with E-state index in [4.69, 9.17) is 24.7 Å². The van der Waals surface area contributed by atoms with E-state index in [1.54, 1.807) is 49.7 Å². The zero-order valence-corrected chi connectivity index (χ0v) is 26.4. The van der Waals surface area contributed by atoms with Gasteiger partial charge in [-0.15, -0.1) is 0 Å². The van der Waals surface area contributed by atoms with E-state index in [-0.39, 0.29) is 25.3 Å². The first kappa shape index (κ1) is 33.5. The van der Waals surface area contributed by atoms with Gasteiger partial charge in [0.2, 0.25) is 5.91 Å². The number of nitrogens with one attached hydrogen (secondary N) is 1. The Kier molecular flexibility index (Phi) is 11.6. The van der Waals surface area contributed by atoms with Crippen molar-refractivity contribution in [3.05, 3.63) is 52.1 Å². The third kappa shape index (κ3) is 9.24. The molecule has 3 amide bonds. The van der Waals surface area contributed by atoms with E-state index >= 15 is 0 Å². The summed E-state index contributed by atoms with van der Waals surface area (Å²) >= 11 is 1.22. The average Bonchev–Trinajstić information content (AvgIpc) is 3.49. The van der Waals surface area contributed by atoms with E-state index < -0.39 is 29.8 Å². The monoisotopic (exact) mass is 616 g/mol. The Bertz CT molecular complexity index is 1540. The number of primary amides is 1. The summed E-state index contributed by atoms with van der Waals surface area (Å²) in [6.45, 7) is 10.3. The third-order valence-corrected chi connectivity index (χ3v) is 7.02. The summed E-state index contributed by atoms with van der Waals surface area (Å²) in [5, 5.41) is 7.03. The predicted molar refractivity (Wildman–Crippen MR) is 162 cm³/mol. The Morgan fingerprint density at radius 1 is 1.16 bits per heavy atom. The van der Waals surface area contributed by atoms with Crippen LogP contribution in [0.3, 0.4) is 0 Å². The zero-order chi connectivity index (χ0) is 31.7. The van der Waals surface area contributed by atoms with Crippen LogP contribution in [-0.4, -0.2) is 71.5 Å². The van der Waals surface area contributed by atoms with Crippen molar-refractivity contribution in [2.24, 2.45) is 10.7 Å². The number of carbonyl (C=O) groups is 3. The number of aryl methyl sites for hydroxylation is 2. The number of carbonyl (C=O) groups excluding carboxylic acids is 3. The predicted octanol–water partition coefficient (Wildman–Crippen LogP) is 3.54. The van der Waals surface area contributed by atoms with E-state index in [1.807, 2.05) is 24.5 Å². The maximum absolute atomic E-state index is 13.3. The molecule has 3 N–H and O–H groups in total. The standard InChI is InChI=1S/C29H40N6O7S/c1-8-35-20(15-18(2)33-35)26(37)32-27-34(13-10-9-12-31-28(38)42-29(3,4)5)24-21(41-14-11-23(39-6)40-7)16-19(25(30)36)17-22(24)43-27/h9-10,15-17,23H,8,11-14H2,1-7H3,(H2,30,36)(H,31,38)/b10-9+,32-27-. The van der Waals surface area contributed by atoms with Crippen molar-refractivity contribution in [2.45, 2.75) is 66.0 Å². The molecule has 1 aromatic carbocycles. The smallest absolute Gasteiger partial charge is 0.407 e. The van der Waals surface area contributed by atoms with Gasteiger partial charge in [0.25, 0.3) is 5.91 Å². The number of alkyl carbamates (subject to hydrolysis) is 1. The summed E-state index contributed by atoms with van der Waals surface area (Å²) in [5.74, 6) is -0.695. The zero-order valence-electron chi connectivity index (χ0n) is 25.6. The number of amides is 3. The highest BCUT2D eigenvalue weighted by Crippen LogP contribution is 2.30. The Balaban J connectivity index is 2.05. The van der Waals surface area contributed by atoms with Crippen molar-refractivity contribution in [3.8, 4) is 5.75 Å². The molecule has 13 nitrogen and oxygen atoms in total. The number of rotatable bonds is 13. The van der Waals surface area contributed by atoms with Crippen molar-refractivity contribution in [3.63, 3.8) is 0 Å².